The smallest absolute Gasteiger partial charge is 0.141 e. The standard InChI is InChI=1S/C28H25F2N/c1-2-3-4-5-6-7-19-8-12-23-20(16-19)11-13-26-25(23)15-14-24(28(26)30)21-9-10-22(18-31)27(29)17-21/h8-17H,2-7H2,1H3. The number of hydrogen-bond donors (Lipinski definition) is 0. The highest BCUT2D eigenvalue weighted by Gasteiger charge is 2.13. The molecule has 0 bridgehead atoms. The zero-order valence-electron chi connectivity index (χ0n) is 17.7. The fourth-order valence-corrected chi connectivity index (χ4v) is 4.24. The third-order valence-electron chi connectivity index (χ3n) is 5.99. The summed E-state index contributed by atoms with van der Waals surface area (Å²) in [5.74, 6) is -1.01. The summed E-state index contributed by atoms with van der Waals surface area (Å²) in [6.07, 6.45) is 7.36. The fraction of sp³-hybridized carbons (Fsp3) is 0.250. The molecular formula is C28H25F2N. The van der Waals surface area contributed by atoms with Crippen LogP contribution in [0.15, 0.2) is 60.7 Å². The van der Waals surface area contributed by atoms with Gasteiger partial charge in [-0.3, -0.25) is 0 Å². The molecule has 0 spiro atoms. The first-order chi connectivity index (χ1) is 15.1. The van der Waals surface area contributed by atoms with Crippen LogP contribution in [0.5, 0.6) is 0 Å². The summed E-state index contributed by atoms with van der Waals surface area (Å²) in [4.78, 5) is 0. The van der Waals surface area contributed by atoms with Crippen LogP contribution in [0.3, 0.4) is 0 Å². The number of halogens is 2. The molecule has 0 aliphatic rings. The zero-order valence-corrected chi connectivity index (χ0v) is 17.7. The van der Waals surface area contributed by atoms with Crippen LogP contribution in [0.1, 0.15) is 50.2 Å². The van der Waals surface area contributed by atoms with Crippen molar-refractivity contribution in [3.8, 4) is 17.2 Å². The number of unbranched alkanes of at least 4 members (excludes halogenated alkanes) is 4. The van der Waals surface area contributed by atoms with E-state index < -0.39 is 5.82 Å². The molecule has 0 aromatic heterocycles. The minimum Gasteiger partial charge on any atom is -0.206 e. The van der Waals surface area contributed by atoms with Crippen LogP contribution < -0.4 is 0 Å². The maximum Gasteiger partial charge on any atom is 0.141 e. The summed E-state index contributed by atoms with van der Waals surface area (Å²) in [7, 11) is 0. The summed E-state index contributed by atoms with van der Waals surface area (Å²) >= 11 is 0. The maximum atomic E-state index is 15.4. The molecule has 1 nitrogen and oxygen atoms in total. The molecule has 0 atom stereocenters. The summed E-state index contributed by atoms with van der Waals surface area (Å²) in [6.45, 7) is 2.22. The highest BCUT2D eigenvalue weighted by atomic mass is 19.1. The van der Waals surface area contributed by atoms with Crippen molar-refractivity contribution in [2.24, 2.45) is 0 Å². The van der Waals surface area contributed by atoms with Gasteiger partial charge in [-0.2, -0.15) is 5.26 Å². The Morgan fingerprint density at radius 3 is 2.32 bits per heavy atom. The predicted octanol–water partition coefficient (Wildman–Crippen LogP) is 8.32. The molecule has 0 unspecified atom stereocenters. The Bertz CT molecular complexity index is 1280. The van der Waals surface area contributed by atoms with Gasteiger partial charge in [0, 0.05) is 10.9 Å². The van der Waals surface area contributed by atoms with Crippen LogP contribution in [0.25, 0.3) is 32.7 Å². The Labute approximate surface area is 181 Å². The Balaban J connectivity index is 1.67. The van der Waals surface area contributed by atoms with Crippen molar-refractivity contribution in [1.29, 1.82) is 5.26 Å². The lowest BCUT2D eigenvalue weighted by Crippen LogP contribution is -1.91. The SMILES string of the molecule is CCCCCCCc1ccc2c(ccc3c(F)c(-c4ccc(C#N)c(F)c4)ccc32)c1. The Morgan fingerprint density at radius 1 is 0.774 bits per heavy atom. The van der Waals surface area contributed by atoms with E-state index in [1.165, 1.54) is 49.8 Å². The third-order valence-corrected chi connectivity index (χ3v) is 5.99. The van der Waals surface area contributed by atoms with Gasteiger partial charge in [-0.1, -0.05) is 81.1 Å². The molecule has 0 saturated heterocycles. The minimum atomic E-state index is -0.639. The molecule has 0 fully saturated rings. The van der Waals surface area contributed by atoms with Gasteiger partial charge in [0.1, 0.15) is 17.7 Å². The van der Waals surface area contributed by atoms with Gasteiger partial charge >= 0.3 is 0 Å². The van der Waals surface area contributed by atoms with Crippen molar-refractivity contribution in [3.05, 3.63) is 83.4 Å². The lowest BCUT2D eigenvalue weighted by molar-refractivity contribution is 0.623. The molecule has 4 rings (SSSR count). The van der Waals surface area contributed by atoms with E-state index in [1.807, 2.05) is 18.2 Å². The molecule has 0 aliphatic heterocycles. The largest absolute Gasteiger partial charge is 0.206 e. The van der Waals surface area contributed by atoms with Crippen LogP contribution in [0, 0.1) is 23.0 Å². The molecule has 0 radical (unpaired) electrons. The Hall–Kier alpha value is -3.25. The fourth-order valence-electron chi connectivity index (χ4n) is 4.24. The van der Waals surface area contributed by atoms with Crippen LogP contribution in [-0.2, 0) is 6.42 Å². The third kappa shape index (κ3) is 4.30. The number of fused-ring (bicyclic) bond motifs is 3. The second kappa shape index (κ2) is 9.27. The number of nitriles is 1. The second-order valence-corrected chi connectivity index (χ2v) is 8.11. The normalized spacial score (nSPS) is 11.2. The van der Waals surface area contributed by atoms with Gasteiger partial charge in [0.2, 0.25) is 0 Å². The quantitative estimate of drug-likeness (QED) is 0.221. The summed E-state index contributed by atoms with van der Waals surface area (Å²) in [6, 6.07) is 19.8. The highest BCUT2D eigenvalue weighted by Crippen LogP contribution is 2.34. The average Bonchev–Trinajstić information content (AvgIpc) is 2.79. The van der Waals surface area contributed by atoms with Gasteiger partial charge in [0.15, 0.2) is 0 Å². The van der Waals surface area contributed by atoms with Crippen molar-refractivity contribution in [1.82, 2.24) is 0 Å². The molecule has 4 aromatic carbocycles. The van der Waals surface area contributed by atoms with E-state index in [0.717, 1.165) is 22.6 Å². The van der Waals surface area contributed by atoms with Gasteiger partial charge < -0.3 is 0 Å². The number of benzene rings is 4. The summed E-state index contributed by atoms with van der Waals surface area (Å²) in [5.41, 5.74) is 2.03. The second-order valence-electron chi connectivity index (χ2n) is 8.11. The average molecular weight is 414 g/mol. The lowest BCUT2D eigenvalue weighted by Gasteiger charge is -2.11. The zero-order chi connectivity index (χ0) is 21.8. The summed E-state index contributed by atoms with van der Waals surface area (Å²) in [5, 5.41) is 12.4. The molecule has 0 heterocycles. The number of hydrogen-bond acceptors (Lipinski definition) is 1. The van der Waals surface area contributed by atoms with Gasteiger partial charge in [0.05, 0.1) is 5.56 Å². The first-order valence-electron chi connectivity index (χ1n) is 11.0. The molecule has 0 aliphatic carbocycles. The molecule has 0 N–H and O–H groups in total. The molecule has 0 amide bonds. The van der Waals surface area contributed by atoms with Crippen LogP contribution in [0.2, 0.25) is 0 Å². The lowest BCUT2D eigenvalue weighted by atomic mass is 9.94. The minimum absolute atomic E-state index is 0.0443. The van der Waals surface area contributed by atoms with E-state index in [4.69, 9.17) is 5.26 Å². The molecule has 4 aromatic rings. The predicted molar refractivity (Wildman–Crippen MR) is 124 cm³/mol. The van der Waals surface area contributed by atoms with Crippen LogP contribution in [-0.4, -0.2) is 0 Å². The van der Waals surface area contributed by atoms with E-state index in [1.54, 1.807) is 18.2 Å². The molecule has 3 heteroatoms. The van der Waals surface area contributed by atoms with Crippen molar-refractivity contribution in [2.75, 3.05) is 0 Å². The van der Waals surface area contributed by atoms with Gasteiger partial charge in [-0.25, -0.2) is 8.78 Å². The van der Waals surface area contributed by atoms with Crippen LogP contribution in [0.4, 0.5) is 8.78 Å². The first-order valence-corrected chi connectivity index (χ1v) is 11.0. The summed E-state index contributed by atoms with van der Waals surface area (Å²) < 4.78 is 29.4. The first kappa shape index (κ1) is 21.0. The molecule has 0 saturated carbocycles. The highest BCUT2D eigenvalue weighted by molar-refractivity contribution is 6.08. The number of aryl methyl sites for hydroxylation is 1. The van der Waals surface area contributed by atoms with E-state index in [0.29, 0.717) is 16.5 Å². The van der Waals surface area contributed by atoms with Gasteiger partial charge in [-0.05, 0) is 52.3 Å². The van der Waals surface area contributed by atoms with Crippen molar-refractivity contribution in [2.45, 2.75) is 45.4 Å². The van der Waals surface area contributed by atoms with E-state index in [2.05, 4.69) is 25.1 Å². The Kier molecular flexibility index (Phi) is 6.28. The monoisotopic (exact) mass is 413 g/mol. The van der Waals surface area contributed by atoms with Crippen molar-refractivity contribution >= 4 is 21.5 Å². The topological polar surface area (TPSA) is 23.8 Å². The van der Waals surface area contributed by atoms with Crippen molar-refractivity contribution < 1.29 is 8.78 Å². The molecular weight excluding hydrogens is 388 g/mol. The van der Waals surface area contributed by atoms with Crippen molar-refractivity contribution in [3.63, 3.8) is 0 Å². The molecule has 156 valence electrons. The van der Waals surface area contributed by atoms with Crippen LogP contribution >= 0.6 is 0 Å². The number of rotatable bonds is 7. The molecule has 31 heavy (non-hydrogen) atoms. The van der Waals surface area contributed by atoms with E-state index in [-0.39, 0.29) is 11.4 Å². The van der Waals surface area contributed by atoms with E-state index >= 15 is 4.39 Å². The van der Waals surface area contributed by atoms with Gasteiger partial charge in [-0.15, -0.1) is 0 Å². The maximum absolute atomic E-state index is 15.4. The Morgan fingerprint density at radius 2 is 1.55 bits per heavy atom. The van der Waals surface area contributed by atoms with E-state index in [9.17, 15) is 4.39 Å². The van der Waals surface area contributed by atoms with Gasteiger partial charge in [0.25, 0.3) is 0 Å². The number of nitrogens with zero attached hydrogens (tertiary/aromatic N) is 1.